The molecule has 0 atom stereocenters. The molecule has 0 amide bonds. The fourth-order valence-electron chi connectivity index (χ4n) is 5.89. The number of nitrogens with zero attached hydrogens (tertiary/aromatic N) is 3. The fraction of sp³-hybridized carbons (Fsp3) is 0. The molecule has 0 unspecified atom stereocenters. The van der Waals surface area contributed by atoms with Gasteiger partial charge in [-0.2, -0.15) is 0 Å². The Morgan fingerprint density at radius 2 is 1.12 bits per heavy atom. The van der Waals surface area contributed by atoms with Gasteiger partial charge in [0.25, 0.3) is 0 Å². The van der Waals surface area contributed by atoms with E-state index in [2.05, 4.69) is 35.3 Å². The van der Waals surface area contributed by atoms with Crippen molar-refractivity contribution in [2.75, 3.05) is 0 Å². The van der Waals surface area contributed by atoms with Gasteiger partial charge in [0, 0.05) is 49.2 Å². The van der Waals surface area contributed by atoms with Crippen molar-refractivity contribution in [2.24, 2.45) is 0 Å². The van der Waals surface area contributed by atoms with Gasteiger partial charge in [0.15, 0.2) is 7.14 Å². The lowest BCUT2D eigenvalue weighted by Gasteiger charge is -2.20. The summed E-state index contributed by atoms with van der Waals surface area (Å²) in [6.07, 6.45) is 1.81. The first-order valence-electron chi connectivity index (χ1n) is 13.9. The molecule has 5 aromatic carbocycles. The van der Waals surface area contributed by atoms with Gasteiger partial charge in [0.05, 0.1) is 27.8 Å². The number of benzene rings is 5. The molecule has 0 saturated heterocycles. The Hall–Kier alpha value is -5.18. The molecule has 3 aromatic heterocycles. The van der Waals surface area contributed by atoms with Crippen LogP contribution in [0.15, 0.2) is 146 Å². The summed E-state index contributed by atoms with van der Waals surface area (Å²) in [5, 5.41) is 6.46. The summed E-state index contributed by atoms with van der Waals surface area (Å²) >= 11 is 0. The molecule has 8 rings (SSSR count). The van der Waals surface area contributed by atoms with E-state index in [1.165, 1.54) is 0 Å². The zero-order chi connectivity index (χ0) is 28.1. The number of aromatic nitrogens is 3. The van der Waals surface area contributed by atoms with E-state index in [-0.39, 0.29) is 0 Å². The van der Waals surface area contributed by atoms with Gasteiger partial charge in [-0.25, -0.2) is 9.97 Å². The van der Waals surface area contributed by atoms with E-state index in [0.29, 0.717) is 0 Å². The smallest absolute Gasteiger partial charge is 0.171 e. The molecule has 4 nitrogen and oxygen atoms in total. The summed E-state index contributed by atoms with van der Waals surface area (Å²) in [5.74, 6) is 0. The van der Waals surface area contributed by atoms with Gasteiger partial charge in [-0.05, 0) is 18.2 Å². The lowest BCUT2D eigenvalue weighted by Crippen LogP contribution is -2.24. The van der Waals surface area contributed by atoms with Crippen molar-refractivity contribution >= 4 is 66.7 Å². The molecule has 0 N–H and O–H groups in total. The van der Waals surface area contributed by atoms with Crippen LogP contribution in [0.3, 0.4) is 0 Å². The van der Waals surface area contributed by atoms with E-state index in [0.717, 1.165) is 70.8 Å². The van der Waals surface area contributed by atoms with Crippen molar-refractivity contribution in [1.29, 1.82) is 0 Å². The second-order valence-corrected chi connectivity index (χ2v) is 13.2. The highest BCUT2D eigenvalue weighted by Gasteiger charge is 2.29. The summed E-state index contributed by atoms with van der Waals surface area (Å²) in [5.41, 5.74) is 5.33. The number of rotatable bonds is 4. The second kappa shape index (κ2) is 9.73. The SMILES string of the molecule is O=P(c1ccccc1)(c1ccccc1)c1ccc(-c2nc3ccccc3c3nc4c(ccc5cccnc54)cc23)cc1. The number of para-hydroxylation sites is 1. The predicted molar refractivity (Wildman–Crippen MR) is 175 cm³/mol. The molecule has 0 bridgehead atoms. The molecular formula is C37H24N3OP. The van der Waals surface area contributed by atoms with Crippen molar-refractivity contribution in [3.63, 3.8) is 0 Å². The highest BCUT2D eigenvalue weighted by atomic mass is 31.2. The normalized spacial score (nSPS) is 11.9. The van der Waals surface area contributed by atoms with Crippen molar-refractivity contribution in [2.45, 2.75) is 0 Å². The monoisotopic (exact) mass is 557 g/mol. The maximum absolute atomic E-state index is 14.9. The number of hydrogen-bond donors (Lipinski definition) is 0. The fourth-order valence-corrected chi connectivity index (χ4v) is 8.53. The first-order valence-corrected chi connectivity index (χ1v) is 15.6. The van der Waals surface area contributed by atoms with E-state index in [1.807, 2.05) is 115 Å². The molecule has 3 heterocycles. The molecule has 0 radical (unpaired) electrons. The van der Waals surface area contributed by atoms with Gasteiger partial charge >= 0.3 is 0 Å². The standard InChI is InChI=1S/C37H24N3OP/c41-42(28-11-3-1-4-12-28,29-13-5-2-6-14-29)30-21-19-26(20-22-30)34-32-24-27-18-17-25-10-9-23-38-35(25)36(27)40-37(32)31-15-7-8-16-33(31)39-34/h1-24H. The second-order valence-electron chi connectivity index (χ2n) is 10.4. The number of fused-ring (bicyclic) bond motifs is 6. The Morgan fingerprint density at radius 3 is 1.86 bits per heavy atom. The molecule has 198 valence electrons. The van der Waals surface area contributed by atoms with E-state index in [1.54, 1.807) is 0 Å². The number of hydrogen-bond acceptors (Lipinski definition) is 4. The Labute approximate surface area is 242 Å². The lowest BCUT2D eigenvalue weighted by atomic mass is 10.0. The lowest BCUT2D eigenvalue weighted by molar-refractivity contribution is 0.592. The average molecular weight is 558 g/mol. The molecule has 0 aliphatic heterocycles. The topological polar surface area (TPSA) is 55.7 Å². The van der Waals surface area contributed by atoms with Crippen molar-refractivity contribution in [1.82, 2.24) is 15.0 Å². The minimum Gasteiger partial charge on any atom is -0.309 e. The summed E-state index contributed by atoms with van der Waals surface area (Å²) < 4.78 is 14.9. The average Bonchev–Trinajstić information content (AvgIpc) is 3.07. The van der Waals surface area contributed by atoms with Crippen LogP contribution in [0.1, 0.15) is 0 Å². The predicted octanol–water partition coefficient (Wildman–Crippen LogP) is 7.79. The van der Waals surface area contributed by atoms with E-state index >= 15 is 0 Å². The molecule has 5 heteroatoms. The molecular weight excluding hydrogens is 533 g/mol. The van der Waals surface area contributed by atoms with Gasteiger partial charge in [-0.1, -0.05) is 121 Å². The van der Waals surface area contributed by atoms with Crippen molar-refractivity contribution in [3.05, 3.63) is 146 Å². The minimum atomic E-state index is -3.07. The summed E-state index contributed by atoms with van der Waals surface area (Å²) in [4.78, 5) is 15.0. The van der Waals surface area contributed by atoms with Gasteiger partial charge in [-0.3, -0.25) is 4.98 Å². The van der Waals surface area contributed by atoms with Crippen LogP contribution in [0.5, 0.6) is 0 Å². The molecule has 0 spiro atoms. The largest absolute Gasteiger partial charge is 0.309 e. The highest BCUT2D eigenvalue weighted by Crippen LogP contribution is 2.43. The Balaban J connectivity index is 1.35. The van der Waals surface area contributed by atoms with Crippen molar-refractivity contribution < 1.29 is 4.57 Å². The third kappa shape index (κ3) is 3.84. The Kier molecular flexibility index (Phi) is 5.70. The van der Waals surface area contributed by atoms with Crippen LogP contribution >= 0.6 is 7.14 Å². The van der Waals surface area contributed by atoms with E-state index in [9.17, 15) is 4.57 Å². The van der Waals surface area contributed by atoms with Crippen LogP contribution in [0, 0.1) is 0 Å². The maximum atomic E-state index is 14.9. The quantitative estimate of drug-likeness (QED) is 0.126. The summed E-state index contributed by atoms with van der Waals surface area (Å²) in [6, 6.07) is 46.1. The van der Waals surface area contributed by atoms with Gasteiger partial charge < -0.3 is 4.57 Å². The first-order chi connectivity index (χ1) is 20.7. The highest BCUT2D eigenvalue weighted by molar-refractivity contribution is 7.85. The molecule has 0 aliphatic carbocycles. The van der Waals surface area contributed by atoms with Crippen LogP contribution in [0.25, 0.3) is 54.9 Å². The molecule has 42 heavy (non-hydrogen) atoms. The maximum Gasteiger partial charge on any atom is 0.171 e. The van der Waals surface area contributed by atoms with Crippen LogP contribution in [-0.4, -0.2) is 15.0 Å². The Morgan fingerprint density at radius 1 is 0.476 bits per heavy atom. The molecule has 0 fully saturated rings. The van der Waals surface area contributed by atoms with Crippen LogP contribution < -0.4 is 15.9 Å². The van der Waals surface area contributed by atoms with E-state index < -0.39 is 7.14 Å². The first kappa shape index (κ1) is 24.6. The van der Waals surface area contributed by atoms with Crippen molar-refractivity contribution in [3.8, 4) is 11.3 Å². The van der Waals surface area contributed by atoms with Gasteiger partial charge in [0.1, 0.15) is 0 Å². The van der Waals surface area contributed by atoms with E-state index in [4.69, 9.17) is 9.97 Å². The molecule has 0 saturated carbocycles. The zero-order valence-electron chi connectivity index (χ0n) is 22.6. The summed E-state index contributed by atoms with van der Waals surface area (Å²) in [7, 11) is -3.07. The third-order valence-electron chi connectivity index (χ3n) is 7.95. The van der Waals surface area contributed by atoms with Crippen LogP contribution in [0.2, 0.25) is 0 Å². The van der Waals surface area contributed by atoms with Gasteiger partial charge in [0.2, 0.25) is 0 Å². The zero-order valence-corrected chi connectivity index (χ0v) is 23.4. The molecule has 0 aliphatic rings. The van der Waals surface area contributed by atoms with Gasteiger partial charge in [-0.15, -0.1) is 0 Å². The summed E-state index contributed by atoms with van der Waals surface area (Å²) in [6.45, 7) is 0. The van der Waals surface area contributed by atoms with Crippen LogP contribution in [0.4, 0.5) is 0 Å². The minimum absolute atomic E-state index is 0.787. The molecule has 8 aromatic rings. The number of pyridine rings is 3. The van der Waals surface area contributed by atoms with Crippen LogP contribution in [-0.2, 0) is 4.57 Å². The third-order valence-corrected chi connectivity index (χ3v) is 11.0. The Bertz CT molecular complexity index is 2280.